The molecule has 1 aliphatic heterocycles. The lowest BCUT2D eigenvalue weighted by Gasteiger charge is -2.15. The van der Waals surface area contributed by atoms with Crippen LogP contribution in [0, 0.1) is 0 Å². The number of nitrogens with zero attached hydrogens (tertiary/aromatic N) is 1. The van der Waals surface area contributed by atoms with Gasteiger partial charge in [-0.05, 0) is 17.7 Å². The first-order chi connectivity index (χ1) is 9.45. The van der Waals surface area contributed by atoms with Gasteiger partial charge in [0.15, 0.2) is 0 Å². The molecule has 1 heterocycles. The van der Waals surface area contributed by atoms with E-state index in [1.165, 1.54) is 29.2 Å². The molecule has 0 aromatic heterocycles. The highest BCUT2D eigenvalue weighted by molar-refractivity contribution is 5.79. The highest BCUT2D eigenvalue weighted by Crippen LogP contribution is 2.17. The molecular weight excluding hydrogens is 272 g/mol. The molecule has 1 aromatic rings. The topological polar surface area (TPSA) is 70.0 Å². The number of halogens is 2. The van der Waals surface area contributed by atoms with E-state index in [2.05, 4.69) is 4.74 Å². The first-order valence-corrected chi connectivity index (χ1v) is 6.13. The molecule has 0 saturated carbocycles. The van der Waals surface area contributed by atoms with E-state index < -0.39 is 18.8 Å². The molecule has 1 amide bonds. The van der Waals surface area contributed by atoms with Crippen molar-refractivity contribution >= 4 is 5.91 Å². The highest BCUT2D eigenvalue weighted by Gasteiger charge is 2.32. The van der Waals surface area contributed by atoms with E-state index in [1.54, 1.807) is 0 Å². The fraction of sp³-hybridized carbons (Fsp3) is 0.462. The van der Waals surface area contributed by atoms with Crippen molar-refractivity contribution in [3.63, 3.8) is 0 Å². The predicted octanol–water partition coefficient (Wildman–Crippen LogP) is 0.395. The Morgan fingerprint density at radius 2 is 1.80 bits per heavy atom. The van der Waals surface area contributed by atoms with E-state index in [4.69, 9.17) is 0 Å². The number of hydrogen-bond donors (Lipinski definition) is 2. The Bertz CT molecular complexity index is 456. The van der Waals surface area contributed by atoms with Gasteiger partial charge < -0.3 is 19.8 Å². The van der Waals surface area contributed by atoms with Crippen molar-refractivity contribution in [3.05, 3.63) is 29.8 Å². The number of hydrogen-bond acceptors (Lipinski definition) is 4. The van der Waals surface area contributed by atoms with Crippen LogP contribution in [0.5, 0.6) is 5.75 Å². The van der Waals surface area contributed by atoms with Crippen LogP contribution in [0.15, 0.2) is 24.3 Å². The van der Waals surface area contributed by atoms with Crippen LogP contribution >= 0.6 is 0 Å². The van der Waals surface area contributed by atoms with Crippen LogP contribution in [0.2, 0.25) is 0 Å². The van der Waals surface area contributed by atoms with Crippen LogP contribution in [0.4, 0.5) is 8.78 Å². The minimum absolute atomic E-state index is 0.0308. The first-order valence-electron chi connectivity index (χ1n) is 6.13. The molecule has 1 aliphatic rings. The Morgan fingerprint density at radius 1 is 1.25 bits per heavy atom. The second-order valence-electron chi connectivity index (χ2n) is 4.63. The summed E-state index contributed by atoms with van der Waals surface area (Å²) in [7, 11) is 0. The minimum atomic E-state index is -2.88. The van der Waals surface area contributed by atoms with Gasteiger partial charge >= 0.3 is 6.61 Å². The van der Waals surface area contributed by atoms with Gasteiger partial charge in [-0.3, -0.25) is 4.79 Å². The van der Waals surface area contributed by atoms with E-state index in [0.717, 1.165) is 0 Å². The molecule has 20 heavy (non-hydrogen) atoms. The first kappa shape index (κ1) is 14.7. The number of ether oxygens (including phenoxy) is 1. The molecular formula is C13H15F2NO4. The van der Waals surface area contributed by atoms with Crippen LogP contribution in [-0.4, -0.2) is 52.9 Å². The van der Waals surface area contributed by atoms with Crippen LogP contribution in [0.25, 0.3) is 0 Å². The maximum atomic E-state index is 12.0. The Balaban J connectivity index is 1.91. The molecule has 2 N–H and O–H groups in total. The molecule has 0 spiro atoms. The van der Waals surface area contributed by atoms with Crippen LogP contribution in [0.1, 0.15) is 5.56 Å². The zero-order valence-electron chi connectivity index (χ0n) is 10.6. The Morgan fingerprint density at radius 3 is 2.30 bits per heavy atom. The largest absolute Gasteiger partial charge is 0.435 e. The van der Waals surface area contributed by atoms with Gasteiger partial charge in [-0.25, -0.2) is 0 Å². The number of likely N-dealkylation sites (tertiary alicyclic amines) is 1. The molecule has 5 nitrogen and oxygen atoms in total. The van der Waals surface area contributed by atoms with Gasteiger partial charge in [0.1, 0.15) is 5.75 Å². The molecule has 7 heteroatoms. The van der Waals surface area contributed by atoms with Gasteiger partial charge in [0, 0.05) is 13.1 Å². The lowest BCUT2D eigenvalue weighted by molar-refractivity contribution is -0.130. The van der Waals surface area contributed by atoms with Crippen molar-refractivity contribution in [1.29, 1.82) is 0 Å². The summed E-state index contributed by atoms with van der Waals surface area (Å²) < 4.78 is 28.2. The number of β-amino-alcohol motifs (C(OH)–C–C–N with tert-alkyl or cyclic N) is 2. The molecule has 1 saturated heterocycles. The number of rotatable bonds is 4. The fourth-order valence-electron chi connectivity index (χ4n) is 2.05. The lowest BCUT2D eigenvalue weighted by Crippen LogP contribution is -2.31. The number of benzene rings is 1. The summed E-state index contributed by atoms with van der Waals surface area (Å²) in [5, 5.41) is 18.7. The smallest absolute Gasteiger partial charge is 0.387 e. The highest BCUT2D eigenvalue weighted by atomic mass is 19.3. The predicted molar refractivity (Wildman–Crippen MR) is 65.4 cm³/mol. The number of alkyl halides is 2. The number of aliphatic hydroxyl groups is 2. The number of carbonyl (C=O) groups excluding carboxylic acids is 1. The summed E-state index contributed by atoms with van der Waals surface area (Å²) in [6.45, 7) is -2.67. The van der Waals surface area contributed by atoms with Gasteiger partial charge in [0.2, 0.25) is 5.91 Å². The van der Waals surface area contributed by atoms with Crippen molar-refractivity contribution in [2.24, 2.45) is 0 Å². The summed E-state index contributed by atoms with van der Waals surface area (Å²) >= 11 is 0. The molecule has 0 aliphatic carbocycles. The van der Waals surface area contributed by atoms with E-state index in [1.807, 2.05) is 0 Å². The molecule has 2 atom stereocenters. The molecule has 0 radical (unpaired) electrons. The standard InChI is InChI=1S/C13H15F2NO4/c14-13(15)20-9-3-1-8(2-4-9)5-12(19)16-6-10(17)11(18)7-16/h1-4,10-11,13,17-18H,5-7H2/t10-,11+. The zero-order chi connectivity index (χ0) is 14.7. The number of carbonyl (C=O) groups is 1. The quantitative estimate of drug-likeness (QED) is 0.841. The van der Waals surface area contributed by atoms with Gasteiger partial charge in [-0.2, -0.15) is 8.78 Å². The second-order valence-corrected chi connectivity index (χ2v) is 4.63. The zero-order valence-corrected chi connectivity index (χ0v) is 10.6. The summed E-state index contributed by atoms with van der Waals surface area (Å²) in [4.78, 5) is 13.3. The molecule has 0 bridgehead atoms. The maximum absolute atomic E-state index is 12.0. The van der Waals surface area contributed by atoms with Crippen LogP contribution in [0.3, 0.4) is 0 Å². The second kappa shape index (κ2) is 6.15. The van der Waals surface area contributed by atoms with Gasteiger partial charge in [0.05, 0.1) is 18.6 Å². The SMILES string of the molecule is O=C(Cc1ccc(OC(F)F)cc1)N1C[C@@H](O)[C@@H](O)C1. The minimum Gasteiger partial charge on any atom is -0.435 e. The Labute approximate surface area is 114 Å². The van der Waals surface area contributed by atoms with Crippen molar-refractivity contribution < 1.29 is 28.5 Å². The molecule has 2 rings (SSSR count). The summed E-state index contributed by atoms with van der Waals surface area (Å²) in [6.07, 6.45) is -1.75. The summed E-state index contributed by atoms with van der Waals surface area (Å²) in [5.74, 6) is -0.202. The van der Waals surface area contributed by atoms with Crippen molar-refractivity contribution in [2.45, 2.75) is 25.2 Å². The van der Waals surface area contributed by atoms with Crippen molar-refractivity contribution in [3.8, 4) is 5.75 Å². The monoisotopic (exact) mass is 287 g/mol. The lowest BCUT2D eigenvalue weighted by atomic mass is 10.1. The average Bonchev–Trinajstić information content (AvgIpc) is 2.71. The Kier molecular flexibility index (Phi) is 4.51. The molecule has 0 unspecified atom stereocenters. The third-order valence-electron chi connectivity index (χ3n) is 3.12. The third kappa shape index (κ3) is 3.64. The fourth-order valence-corrected chi connectivity index (χ4v) is 2.05. The summed E-state index contributed by atoms with van der Waals surface area (Å²) in [5.41, 5.74) is 0.646. The number of aliphatic hydroxyl groups excluding tert-OH is 2. The Hall–Kier alpha value is -1.73. The van der Waals surface area contributed by atoms with E-state index >= 15 is 0 Å². The van der Waals surface area contributed by atoms with E-state index in [-0.39, 0.29) is 31.2 Å². The van der Waals surface area contributed by atoms with Gasteiger partial charge in [-0.1, -0.05) is 12.1 Å². The van der Waals surface area contributed by atoms with Gasteiger partial charge in [-0.15, -0.1) is 0 Å². The van der Waals surface area contributed by atoms with Crippen LogP contribution in [-0.2, 0) is 11.2 Å². The average molecular weight is 287 g/mol. The third-order valence-corrected chi connectivity index (χ3v) is 3.12. The van der Waals surface area contributed by atoms with Crippen LogP contribution < -0.4 is 4.74 Å². The molecule has 1 fully saturated rings. The van der Waals surface area contributed by atoms with Crippen molar-refractivity contribution in [2.75, 3.05) is 13.1 Å². The summed E-state index contributed by atoms with van der Waals surface area (Å²) in [6, 6.07) is 5.78. The molecule has 1 aromatic carbocycles. The maximum Gasteiger partial charge on any atom is 0.387 e. The van der Waals surface area contributed by atoms with E-state index in [0.29, 0.717) is 5.56 Å². The van der Waals surface area contributed by atoms with E-state index in [9.17, 15) is 23.8 Å². The molecule has 110 valence electrons. The van der Waals surface area contributed by atoms with Gasteiger partial charge in [0.25, 0.3) is 0 Å². The normalized spacial score (nSPS) is 22.4. The number of amides is 1. The van der Waals surface area contributed by atoms with Crippen molar-refractivity contribution in [1.82, 2.24) is 4.90 Å².